The third-order valence-electron chi connectivity index (χ3n) is 2.15. The molecule has 8 heteroatoms. The first-order valence-corrected chi connectivity index (χ1v) is 5.09. The lowest BCUT2D eigenvalue weighted by Gasteiger charge is -2.07. The van der Waals surface area contributed by atoms with Crippen molar-refractivity contribution in [2.75, 3.05) is 6.61 Å². The molecule has 2 aromatic rings. The monoisotopic (exact) mass is 251 g/mol. The van der Waals surface area contributed by atoms with Crippen molar-refractivity contribution in [2.24, 2.45) is 0 Å². The highest BCUT2D eigenvalue weighted by Gasteiger charge is 2.22. The number of hydrogen-bond acceptors (Lipinski definition) is 6. The van der Waals surface area contributed by atoms with Gasteiger partial charge in [-0.05, 0) is 13.0 Å². The van der Waals surface area contributed by atoms with Crippen LogP contribution >= 0.6 is 0 Å². The van der Waals surface area contributed by atoms with Gasteiger partial charge in [-0.2, -0.15) is 0 Å². The van der Waals surface area contributed by atoms with Crippen LogP contribution in [0, 0.1) is 10.1 Å². The highest BCUT2D eigenvalue weighted by atomic mass is 16.6. The Kier molecular flexibility index (Phi) is 3.09. The third kappa shape index (κ3) is 2.08. The average Bonchev–Trinajstić information content (AvgIpc) is 2.76. The van der Waals surface area contributed by atoms with E-state index in [-0.39, 0.29) is 29.5 Å². The number of nitro groups is 1. The molecule has 8 nitrogen and oxygen atoms in total. The van der Waals surface area contributed by atoms with Gasteiger partial charge < -0.3 is 9.15 Å². The van der Waals surface area contributed by atoms with Gasteiger partial charge in [0.25, 0.3) is 5.89 Å². The summed E-state index contributed by atoms with van der Waals surface area (Å²) in [4.78, 5) is 21.2. The van der Waals surface area contributed by atoms with Crippen LogP contribution in [0.3, 0.4) is 0 Å². The molecule has 1 aromatic carbocycles. The van der Waals surface area contributed by atoms with Crippen LogP contribution in [0.5, 0.6) is 5.75 Å². The summed E-state index contributed by atoms with van der Waals surface area (Å²) in [6, 6.07) is 4.29. The fourth-order valence-electron chi connectivity index (χ4n) is 1.48. The zero-order chi connectivity index (χ0) is 13.1. The molecule has 0 fully saturated rings. The van der Waals surface area contributed by atoms with Gasteiger partial charge in [-0.25, -0.2) is 9.89 Å². The number of aromatic nitrogens is 2. The summed E-state index contributed by atoms with van der Waals surface area (Å²) in [7, 11) is 0. The molecule has 0 aliphatic carbocycles. The van der Waals surface area contributed by atoms with Crippen LogP contribution in [0.4, 0.5) is 5.69 Å². The van der Waals surface area contributed by atoms with Gasteiger partial charge in [-0.3, -0.25) is 10.1 Å². The van der Waals surface area contributed by atoms with Gasteiger partial charge in [-0.15, -0.1) is 5.10 Å². The largest absolute Gasteiger partial charge is 0.487 e. The van der Waals surface area contributed by atoms with Gasteiger partial charge in [-0.1, -0.05) is 6.07 Å². The molecule has 0 saturated carbocycles. The number of H-pyrrole nitrogens is 1. The van der Waals surface area contributed by atoms with Crippen molar-refractivity contribution in [3.63, 3.8) is 0 Å². The van der Waals surface area contributed by atoms with E-state index in [1.807, 2.05) is 0 Å². The molecule has 0 unspecified atom stereocenters. The first kappa shape index (κ1) is 11.8. The standard InChI is InChI=1S/C10H9N3O5/c1-2-17-8-6(9-11-12-10(14)18-9)4-3-5-7(8)13(15)16/h3-5H,2H2,1H3,(H,12,14). The summed E-state index contributed by atoms with van der Waals surface area (Å²) in [5.74, 6) is -0.758. The summed E-state index contributed by atoms with van der Waals surface area (Å²) in [6.45, 7) is 1.94. The van der Waals surface area contributed by atoms with Crippen molar-refractivity contribution in [1.29, 1.82) is 0 Å². The van der Waals surface area contributed by atoms with Crippen LogP contribution < -0.4 is 10.5 Å². The van der Waals surface area contributed by atoms with E-state index >= 15 is 0 Å². The number of benzene rings is 1. The summed E-state index contributed by atoms with van der Waals surface area (Å²) < 4.78 is 10.0. The molecule has 0 radical (unpaired) electrons. The molecule has 0 atom stereocenters. The van der Waals surface area contributed by atoms with Gasteiger partial charge in [0, 0.05) is 6.07 Å². The number of rotatable bonds is 4. The second-order valence-electron chi connectivity index (χ2n) is 3.26. The van der Waals surface area contributed by atoms with Gasteiger partial charge in [0.1, 0.15) is 0 Å². The topological polar surface area (TPSA) is 111 Å². The van der Waals surface area contributed by atoms with Gasteiger partial charge >= 0.3 is 11.4 Å². The van der Waals surface area contributed by atoms with E-state index in [1.165, 1.54) is 18.2 Å². The molecule has 0 aliphatic rings. The summed E-state index contributed by atoms with van der Waals surface area (Å²) in [5.41, 5.74) is 0.0457. The number of ether oxygens (including phenoxy) is 1. The van der Waals surface area contributed by atoms with E-state index in [0.29, 0.717) is 0 Å². The Morgan fingerprint density at radius 1 is 1.56 bits per heavy atom. The Labute approximate surface area is 100 Å². The Balaban J connectivity index is 2.62. The molecule has 94 valence electrons. The number of nitro benzene ring substituents is 1. The normalized spacial score (nSPS) is 10.3. The molecule has 18 heavy (non-hydrogen) atoms. The molecule has 1 N–H and O–H groups in total. The SMILES string of the molecule is CCOc1c(-c2n[nH]c(=O)o2)cccc1[N+](=O)[O-]. The van der Waals surface area contributed by atoms with E-state index in [1.54, 1.807) is 6.92 Å². The molecular formula is C10H9N3O5. The Morgan fingerprint density at radius 2 is 2.33 bits per heavy atom. The van der Waals surface area contributed by atoms with Gasteiger partial charge in [0.05, 0.1) is 17.1 Å². The smallest absolute Gasteiger partial charge is 0.434 e. The summed E-state index contributed by atoms with van der Waals surface area (Å²) >= 11 is 0. The van der Waals surface area contributed by atoms with E-state index in [0.717, 1.165) is 0 Å². The first-order chi connectivity index (χ1) is 8.63. The van der Waals surface area contributed by atoms with Crippen LogP contribution in [-0.4, -0.2) is 21.7 Å². The minimum Gasteiger partial charge on any atom is -0.487 e. The average molecular weight is 251 g/mol. The van der Waals surface area contributed by atoms with Crippen LogP contribution in [0.2, 0.25) is 0 Å². The van der Waals surface area contributed by atoms with Crippen molar-refractivity contribution >= 4 is 5.69 Å². The maximum Gasteiger partial charge on any atom is 0.434 e. The minimum absolute atomic E-state index is 0.0280. The fourth-order valence-corrected chi connectivity index (χ4v) is 1.48. The molecule has 2 rings (SSSR count). The molecule has 0 saturated heterocycles. The number of hydrogen-bond donors (Lipinski definition) is 1. The predicted octanol–water partition coefficient (Wildman–Crippen LogP) is 1.34. The molecule has 1 heterocycles. The second kappa shape index (κ2) is 4.70. The highest BCUT2D eigenvalue weighted by Crippen LogP contribution is 2.36. The van der Waals surface area contributed by atoms with Crippen molar-refractivity contribution in [1.82, 2.24) is 10.2 Å². The molecule has 0 spiro atoms. The van der Waals surface area contributed by atoms with Crippen molar-refractivity contribution in [2.45, 2.75) is 6.92 Å². The second-order valence-corrected chi connectivity index (χ2v) is 3.26. The fraction of sp³-hybridized carbons (Fsp3) is 0.200. The maximum atomic E-state index is 10.9. The highest BCUT2D eigenvalue weighted by molar-refractivity contribution is 5.69. The lowest BCUT2D eigenvalue weighted by molar-refractivity contribution is -0.385. The van der Waals surface area contributed by atoms with Crippen molar-refractivity contribution in [3.05, 3.63) is 38.9 Å². The zero-order valence-electron chi connectivity index (χ0n) is 9.37. The Bertz CT molecular complexity index is 630. The molecule has 1 aromatic heterocycles. The summed E-state index contributed by atoms with van der Waals surface area (Å²) in [6.07, 6.45) is 0. The third-order valence-corrected chi connectivity index (χ3v) is 2.15. The van der Waals surface area contributed by atoms with Crippen molar-refractivity contribution in [3.8, 4) is 17.2 Å². The van der Waals surface area contributed by atoms with Crippen LogP contribution in [0.15, 0.2) is 27.4 Å². The minimum atomic E-state index is -0.737. The van der Waals surface area contributed by atoms with Crippen LogP contribution in [0.1, 0.15) is 6.92 Å². The number of nitrogens with one attached hydrogen (secondary N) is 1. The van der Waals surface area contributed by atoms with Crippen LogP contribution in [-0.2, 0) is 0 Å². The van der Waals surface area contributed by atoms with E-state index in [9.17, 15) is 14.9 Å². The lowest BCUT2D eigenvalue weighted by Crippen LogP contribution is -1.99. The number of para-hydroxylation sites is 1. The van der Waals surface area contributed by atoms with E-state index in [4.69, 9.17) is 9.15 Å². The van der Waals surface area contributed by atoms with Crippen molar-refractivity contribution < 1.29 is 14.1 Å². The van der Waals surface area contributed by atoms with E-state index in [2.05, 4.69) is 10.2 Å². The molecule has 0 amide bonds. The Hall–Kier alpha value is -2.64. The number of aromatic amines is 1. The van der Waals surface area contributed by atoms with Crippen LogP contribution in [0.25, 0.3) is 11.5 Å². The Morgan fingerprint density at radius 3 is 2.89 bits per heavy atom. The van der Waals surface area contributed by atoms with E-state index < -0.39 is 10.7 Å². The molecule has 0 aliphatic heterocycles. The maximum absolute atomic E-state index is 10.9. The predicted molar refractivity (Wildman–Crippen MR) is 60.4 cm³/mol. The van der Waals surface area contributed by atoms with Gasteiger partial charge in [0.15, 0.2) is 0 Å². The molecular weight excluding hydrogens is 242 g/mol. The zero-order valence-corrected chi connectivity index (χ0v) is 9.37. The summed E-state index contributed by atoms with van der Waals surface area (Å²) in [5, 5.41) is 16.6. The quantitative estimate of drug-likeness (QED) is 0.648. The lowest BCUT2D eigenvalue weighted by atomic mass is 10.1. The number of nitrogens with zero attached hydrogens (tertiary/aromatic N) is 2. The van der Waals surface area contributed by atoms with Gasteiger partial charge in [0.2, 0.25) is 5.75 Å². The molecule has 0 bridgehead atoms. The first-order valence-electron chi connectivity index (χ1n) is 5.09.